The third-order valence-electron chi connectivity index (χ3n) is 20.3. The summed E-state index contributed by atoms with van der Waals surface area (Å²) < 4.78 is 25.3. The van der Waals surface area contributed by atoms with Crippen LogP contribution < -0.4 is 29.6 Å². The predicted molar refractivity (Wildman–Crippen MR) is 454 cm³/mol. The molecule has 0 fully saturated rings. The fraction of sp³-hybridized carbons (Fsp3) is 0.0213. The molecule has 1 aliphatic rings. The monoisotopic (exact) mass is 1560 g/mol. The molecule has 0 aliphatic heterocycles. The van der Waals surface area contributed by atoms with Crippen LogP contribution in [-0.2, 0) is 6.42 Å². The van der Waals surface area contributed by atoms with Crippen molar-refractivity contribution in [1.82, 2.24) is 24.5 Å². The molecule has 0 saturated heterocycles. The molecule has 12 heteroatoms. The second-order valence-electron chi connectivity index (χ2n) is 26.3. The van der Waals surface area contributed by atoms with Crippen molar-refractivity contribution in [1.29, 1.82) is 0 Å². The smallest absolute Gasteiger partial charge is 1.00 e. The van der Waals surface area contributed by atoms with Crippen LogP contribution in [0.4, 0.5) is 4.39 Å². The zero-order chi connectivity index (χ0) is 71.1. The maximum absolute atomic E-state index is 9.96. The molecule has 22 rings (SSSR count). The van der Waals surface area contributed by atoms with Gasteiger partial charge in [0.05, 0.1) is 30.9 Å². The van der Waals surface area contributed by atoms with E-state index in [2.05, 4.69) is 271 Å². The Morgan fingerprint density at radius 1 is 0.340 bits per heavy atom. The number of thiophene rings is 2. The summed E-state index contributed by atoms with van der Waals surface area (Å²) in [5.41, 5.74) is 13.6. The summed E-state index contributed by atoms with van der Waals surface area (Å²) in [6, 6.07) is 112. The number of halogens is 4. The van der Waals surface area contributed by atoms with Crippen molar-refractivity contribution in [2.45, 2.75) is 6.42 Å². The standard InChI is InChI=1S/C46H26BrN3S.C31H17BrS.C16H11ClN2.CH3F.Na.H/c47-29-19-20-34-37-25-44-39(38-22-35-32-17-9-7-15-30(32)31-16-8-10-18-33(31)36(35)24-43(38)51-44)23-42(37)50(41(34)21-29)45-26-40(27-11-3-1-4-12-27)48-46(49-45)28-13-5-2-6-14-28;32-19-9-10-20-17(12-19)11-18-13-28-29-14-26-23-7-3-1-5-21(23)22-6-2-4-8-24(22)27(26)16-31(29)33-30(28)15-25(18)20;17-15-11-14(12-7-3-1-4-8-12)18-16(19-15)13-9-5-2-6-10-13;1-2;;/h1-26H;1-10,12-16H,11H2;1-11H;1H3;;/q;;;;+1;-1/i;;;1D;;. The van der Waals surface area contributed by atoms with Gasteiger partial charge in [0.15, 0.2) is 11.6 Å². The molecule has 0 saturated carbocycles. The van der Waals surface area contributed by atoms with Crippen LogP contribution in [0, 0.1) is 0 Å². The van der Waals surface area contributed by atoms with E-state index in [0.717, 1.165) is 65.9 Å². The summed E-state index contributed by atoms with van der Waals surface area (Å²) in [6.07, 6.45) is 1.01. The van der Waals surface area contributed by atoms with Gasteiger partial charge in [-0.1, -0.05) is 274 Å². The van der Waals surface area contributed by atoms with Crippen LogP contribution in [0.2, 0.25) is 5.15 Å². The van der Waals surface area contributed by atoms with Gasteiger partial charge < -0.3 is 1.43 Å². The number of hydrogen-bond acceptors (Lipinski definition) is 6. The molecule has 500 valence electrons. The van der Waals surface area contributed by atoms with E-state index in [4.69, 9.17) is 22.9 Å². The third kappa shape index (κ3) is 11.9. The fourth-order valence-corrected chi connectivity index (χ4v) is 18.9. The van der Waals surface area contributed by atoms with Gasteiger partial charge in [0.1, 0.15) is 11.0 Å². The molecule has 0 bridgehead atoms. The summed E-state index contributed by atoms with van der Waals surface area (Å²) in [5.74, 6) is 2.18. The molecule has 0 unspecified atom stereocenters. The molecule has 5 heterocycles. The predicted octanol–water partition coefficient (Wildman–Crippen LogP) is 25.5. The molecule has 0 spiro atoms. The number of alkyl halides is 1. The molecular formula is C94H58Br2ClFN5NaS2. The van der Waals surface area contributed by atoms with Gasteiger partial charge in [-0.2, -0.15) is 0 Å². The first-order chi connectivity index (χ1) is 52.2. The Morgan fingerprint density at radius 2 is 0.708 bits per heavy atom. The van der Waals surface area contributed by atoms with Gasteiger partial charge in [0.2, 0.25) is 0 Å². The van der Waals surface area contributed by atoms with E-state index >= 15 is 0 Å². The van der Waals surface area contributed by atoms with Crippen molar-refractivity contribution in [2.24, 2.45) is 0 Å². The summed E-state index contributed by atoms with van der Waals surface area (Å²) in [6.45, 7) is 0. The zero-order valence-electron chi connectivity index (χ0n) is 59.0. The van der Waals surface area contributed by atoms with Crippen LogP contribution in [0.3, 0.4) is 0 Å². The fourth-order valence-electron chi connectivity index (χ4n) is 15.7. The molecular weight excluding hydrogens is 1500 g/mol. The second-order valence-corrected chi connectivity index (χ2v) is 30.7. The number of hydrogen-bond donors (Lipinski definition) is 0. The third-order valence-corrected chi connectivity index (χ3v) is 23.7. The number of nitrogens with zero attached hydrogens (tertiary/aromatic N) is 5. The van der Waals surface area contributed by atoms with Crippen LogP contribution >= 0.6 is 66.1 Å². The van der Waals surface area contributed by atoms with Crippen LogP contribution in [0.15, 0.2) is 324 Å². The molecule has 1 aliphatic carbocycles. The van der Waals surface area contributed by atoms with E-state index in [1.165, 1.54) is 138 Å². The van der Waals surface area contributed by atoms with Gasteiger partial charge in [0, 0.05) is 94.4 Å². The average Bonchev–Trinajstić information content (AvgIpc) is 1.49. The first kappa shape index (κ1) is 66.4. The Morgan fingerprint density at radius 3 is 1.21 bits per heavy atom. The van der Waals surface area contributed by atoms with Gasteiger partial charge in [0.25, 0.3) is 0 Å². The van der Waals surface area contributed by atoms with E-state index < -0.39 is 7.15 Å². The molecule has 0 radical (unpaired) electrons. The van der Waals surface area contributed by atoms with Crippen molar-refractivity contribution in [2.75, 3.05) is 7.15 Å². The van der Waals surface area contributed by atoms with Gasteiger partial charge in [-0.3, -0.25) is 8.96 Å². The van der Waals surface area contributed by atoms with Gasteiger partial charge in [-0.25, -0.2) is 19.9 Å². The average molecular weight is 1560 g/mol. The van der Waals surface area contributed by atoms with Crippen molar-refractivity contribution < 1.29 is 36.7 Å². The SMILES string of the molecule is Brc1ccc2c(c1)Cc1cc3c(cc1-2)sc1cc2c4ccccc4c4ccccc4c2cc13.Brc1ccc2c3cc4sc5cc6c7ccccc7c7ccccc7c6cc5c4cc3n(-c3cc(-c4ccccc4)nc(-c4ccccc4)n3)c2c1.Clc1cc(-c2ccccc2)nc(-c2ccccc2)n1.[2H]CF.[H-].[Na+]. The Bertz CT molecular complexity index is 6990. The number of aromatic nitrogens is 5. The van der Waals surface area contributed by atoms with E-state index in [-0.39, 0.29) is 31.0 Å². The minimum absolute atomic E-state index is 0. The van der Waals surface area contributed by atoms with E-state index in [9.17, 15) is 4.39 Å². The minimum atomic E-state index is -1.00. The summed E-state index contributed by atoms with van der Waals surface area (Å²) in [7, 11) is -1.00. The normalized spacial score (nSPS) is 11.8. The largest absolute Gasteiger partial charge is 1.00 e. The number of rotatable bonds is 5. The quantitative estimate of drug-likeness (QED) is 0.0979. The summed E-state index contributed by atoms with van der Waals surface area (Å²) in [5, 5.41) is 24.0. The molecule has 5 aromatic heterocycles. The van der Waals surface area contributed by atoms with Gasteiger partial charge in [-0.05, 0) is 166 Å². The van der Waals surface area contributed by atoms with Crippen molar-refractivity contribution >= 4 is 193 Å². The summed E-state index contributed by atoms with van der Waals surface area (Å²) in [4.78, 5) is 19.2. The Balaban J connectivity index is 0.000000128. The number of fused-ring (bicyclic) bond motifs is 24. The molecule has 0 atom stereocenters. The second kappa shape index (κ2) is 28.2. The Kier molecular flexibility index (Phi) is 17.6. The van der Waals surface area contributed by atoms with Crippen LogP contribution in [0.25, 0.3) is 189 Å². The summed E-state index contributed by atoms with van der Waals surface area (Å²) >= 11 is 17.3. The van der Waals surface area contributed by atoms with Gasteiger partial charge >= 0.3 is 29.6 Å². The number of benzene rings is 16. The maximum Gasteiger partial charge on any atom is 1.00 e. The van der Waals surface area contributed by atoms with Gasteiger partial charge in [-0.15, -0.1) is 22.7 Å². The molecule has 106 heavy (non-hydrogen) atoms. The van der Waals surface area contributed by atoms with Crippen LogP contribution in [-0.4, -0.2) is 31.7 Å². The van der Waals surface area contributed by atoms with Crippen LogP contribution in [0.1, 0.15) is 13.9 Å². The van der Waals surface area contributed by atoms with E-state index in [1.54, 1.807) is 6.07 Å². The zero-order valence-corrected chi connectivity index (χ0v) is 64.6. The topological polar surface area (TPSA) is 56.5 Å². The van der Waals surface area contributed by atoms with Crippen molar-refractivity contribution in [3.05, 3.63) is 341 Å². The van der Waals surface area contributed by atoms with E-state index in [0.29, 0.717) is 16.8 Å². The van der Waals surface area contributed by atoms with Crippen molar-refractivity contribution in [3.63, 3.8) is 0 Å². The Hall–Kier alpha value is -10.3. The Labute approximate surface area is 664 Å². The van der Waals surface area contributed by atoms with Crippen LogP contribution in [0.5, 0.6) is 0 Å². The maximum atomic E-state index is 9.96. The molecule has 0 amide bonds. The molecule has 16 aromatic carbocycles. The first-order valence-corrected chi connectivity index (χ1v) is 38.1. The van der Waals surface area contributed by atoms with Crippen molar-refractivity contribution in [3.8, 4) is 62.2 Å². The minimum Gasteiger partial charge on any atom is -1.00 e. The molecule has 5 nitrogen and oxygen atoms in total. The molecule has 21 aromatic rings. The molecule has 0 N–H and O–H groups in total. The first-order valence-electron chi connectivity index (χ1n) is 35.2. The van der Waals surface area contributed by atoms with E-state index in [1.807, 2.05) is 108 Å².